The number of aromatic nitrogens is 4. The highest BCUT2D eigenvalue weighted by Crippen LogP contribution is 2.30. The van der Waals surface area contributed by atoms with Crippen molar-refractivity contribution in [2.24, 2.45) is 0 Å². The first-order chi connectivity index (χ1) is 17.4. The van der Waals surface area contributed by atoms with Crippen LogP contribution in [0.2, 0.25) is 0 Å². The van der Waals surface area contributed by atoms with Crippen LogP contribution in [0.1, 0.15) is 44.0 Å². The fraction of sp³-hybridized carbons (Fsp3) is 0.360. The zero-order valence-corrected chi connectivity index (χ0v) is 21.8. The normalized spacial score (nSPS) is 14.1. The predicted molar refractivity (Wildman–Crippen MR) is 140 cm³/mol. The molecule has 5 rings (SSSR count). The summed E-state index contributed by atoms with van der Waals surface area (Å²) in [6, 6.07) is 11.9. The first-order valence-electron chi connectivity index (χ1n) is 11.8. The van der Waals surface area contributed by atoms with E-state index in [1.807, 2.05) is 50.2 Å². The molecule has 0 saturated carbocycles. The maximum Gasteiger partial charge on any atom is 0.324 e. The Hall–Kier alpha value is -3.31. The lowest BCUT2D eigenvalue weighted by atomic mass is 10.1. The monoisotopic (exact) mass is 525 g/mol. The van der Waals surface area contributed by atoms with Crippen LogP contribution < -0.4 is 9.64 Å². The summed E-state index contributed by atoms with van der Waals surface area (Å²) >= 11 is 1.43. The molecule has 11 heteroatoms. The van der Waals surface area contributed by atoms with E-state index in [0.29, 0.717) is 17.8 Å². The van der Waals surface area contributed by atoms with Crippen molar-refractivity contribution in [2.75, 3.05) is 24.6 Å². The minimum atomic E-state index is -2.43. The number of fused-ring (bicyclic) bond motifs is 1. The molecule has 3 aromatic heterocycles. The van der Waals surface area contributed by atoms with E-state index in [9.17, 15) is 8.42 Å². The maximum atomic E-state index is 10.9. The van der Waals surface area contributed by atoms with Crippen LogP contribution in [0.3, 0.4) is 0 Å². The molecule has 4 heterocycles. The molecule has 0 radical (unpaired) electrons. The van der Waals surface area contributed by atoms with Gasteiger partial charge in [0.15, 0.2) is 5.82 Å². The summed E-state index contributed by atoms with van der Waals surface area (Å²) in [5.41, 5.74) is 4.65. The lowest BCUT2D eigenvalue weighted by Crippen LogP contribution is -2.29. The van der Waals surface area contributed by atoms with E-state index >= 15 is 0 Å². The highest BCUT2D eigenvalue weighted by atomic mass is 32.2. The zero-order valence-electron chi connectivity index (χ0n) is 20.1. The number of thiol groups is 1. The Morgan fingerprint density at radius 1 is 1.11 bits per heavy atom. The minimum Gasteiger partial charge on any atom is -0.470 e. The zero-order chi connectivity index (χ0) is 25.1. The van der Waals surface area contributed by atoms with Crippen molar-refractivity contribution >= 4 is 38.4 Å². The smallest absolute Gasteiger partial charge is 0.324 e. The highest BCUT2D eigenvalue weighted by molar-refractivity contribution is 7.71. The summed E-state index contributed by atoms with van der Waals surface area (Å²) in [6.45, 7) is 6.24. The van der Waals surface area contributed by atoms with E-state index in [0.717, 1.165) is 58.9 Å². The fourth-order valence-electron chi connectivity index (χ4n) is 3.92. The fourth-order valence-corrected chi connectivity index (χ4v) is 5.24. The van der Waals surface area contributed by atoms with Crippen LogP contribution in [0.25, 0.3) is 21.6 Å². The molecule has 0 bridgehead atoms. The number of pyridine rings is 1. The highest BCUT2D eigenvalue weighted by Gasteiger charge is 2.19. The Morgan fingerprint density at radius 3 is 2.64 bits per heavy atom. The number of benzene rings is 1. The number of nitrogens with zero attached hydrogens (tertiary/aromatic N) is 5. The molecule has 4 aromatic rings. The second-order valence-corrected chi connectivity index (χ2v) is 10.9. The van der Waals surface area contributed by atoms with Crippen molar-refractivity contribution in [1.82, 2.24) is 20.1 Å². The molecular weight excluding hydrogens is 498 g/mol. The molecule has 36 heavy (non-hydrogen) atoms. The van der Waals surface area contributed by atoms with Gasteiger partial charge in [0, 0.05) is 31.0 Å². The van der Waals surface area contributed by atoms with E-state index < -0.39 is 10.7 Å². The SMILES string of the molecule is CC(C)c1noc(N2CC=C(CCOc3nc4ccc(-c5ccc(C[SH](=O)=O)cc5)nc4s3)CC2)n1. The van der Waals surface area contributed by atoms with Gasteiger partial charge < -0.3 is 14.2 Å². The number of hydrogen-bond acceptors (Lipinski definition) is 10. The third-order valence-corrected chi connectivity index (χ3v) is 7.47. The molecule has 1 aliphatic rings. The van der Waals surface area contributed by atoms with Gasteiger partial charge in [0.05, 0.1) is 18.1 Å². The second kappa shape index (κ2) is 10.8. The first kappa shape index (κ1) is 24.4. The summed E-state index contributed by atoms with van der Waals surface area (Å²) in [7, 11) is -2.43. The molecule has 0 atom stereocenters. The topological polar surface area (TPSA) is 111 Å². The Bertz CT molecular complexity index is 1450. The van der Waals surface area contributed by atoms with Crippen molar-refractivity contribution in [3.63, 3.8) is 0 Å². The molecule has 9 nitrogen and oxygen atoms in total. The molecule has 0 spiro atoms. The molecule has 188 valence electrons. The Labute approximate surface area is 214 Å². The van der Waals surface area contributed by atoms with Gasteiger partial charge in [0.2, 0.25) is 0 Å². The number of rotatable bonds is 9. The first-order valence-corrected chi connectivity index (χ1v) is 14.0. The van der Waals surface area contributed by atoms with Crippen molar-refractivity contribution in [3.8, 4) is 16.5 Å². The van der Waals surface area contributed by atoms with E-state index in [1.165, 1.54) is 16.9 Å². The minimum absolute atomic E-state index is 0.0462. The molecule has 0 N–H and O–H groups in total. The van der Waals surface area contributed by atoms with Crippen molar-refractivity contribution in [3.05, 3.63) is 59.4 Å². The van der Waals surface area contributed by atoms with Crippen LogP contribution in [-0.2, 0) is 16.5 Å². The van der Waals surface area contributed by atoms with Crippen molar-refractivity contribution in [1.29, 1.82) is 0 Å². The van der Waals surface area contributed by atoms with Gasteiger partial charge in [-0.3, -0.25) is 0 Å². The Balaban J connectivity index is 1.16. The second-order valence-electron chi connectivity index (χ2n) is 8.94. The van der Waals surface area contributed by atoms with Crippen LogP contribution >= 0.6 is 11.3 Å². The molecule has 1 aliphatic heterocycles. The van der Waals surface area contributed by atoms with Crippen LogP contribution in [0.5, 0.6) is 5.19 Å². The van der Waals surface area contributed by atoms with E-state index in [1.54, 1.807) is 0 Å². The van der Waals surface area contributed by atoms with Crippen LogP contribution in [-0.4, -0.2) is 48.2 Å². The van der Waals surface area contributed by atoms with Gasteiger partial charge >= 0.3 is 6.01 Å². The van der Waals surface area contributed by atoms with Gasteiger partial charge in [0.1, 0.15) is 21.1 Å². The maximum absolute atomic E-state index is 10.9. The van der Waals surface area contributed by atoms with Gasteiger partial charge in [-0.25, -0.2) is 18.4 Å². The van der Waals surface area contributed by atoms with Gasteiger partial charge in [-0.1, -0.05) is 66.3 Å². The molecular formula is C25H27N5O4S2. The van der Waals surface area contributed by atoms with E-state index in [-0.39, 0.29) is 11.7 Å². The molecule has 0 saturated heterocycles. The molecule has 0 fully saturated rings. The standard InChI is InChI=1S/C25H27N5O4S2/c1-16(2)22-28-24(34-29-22)30-12-9-17(10-13-30)11-14-33-25-27-21-8-7-20(26-23(21)35-25)19-5-3-18(4-6-19)15-36(31)32/h3-9,16,36H,10-15H2,1-2H3. The number of thiazole rings is 1. The summed E-state index contributed by atoms with van der Waals surface area (Å²) in [4.78, 5) is 16.7. The van der Waals surface area contributed by atoms with E-state index in [4.69, 9.17) is 14.2 Å². The summed E-state index contributed by atoms with van der Waals surface area (Å²) in [6.07, 6.45) is 3.97. The van der Waals surface area contributed by atoms with Gasteiger partial charge in [-0.05, 0) is 24.1 Å². The summed E-state index contributed by atoms with van der Waals surface area (Å²) in [5, 5.41) is 4.65. The summed E-state index contributed by atoms with van der Waals surface area (Å²) in [5.74, 6) is 1.03. The number of hydrogen-bond donors (Lipinski definition) is 1. The predicted octanol–water partition coefficient (Wildman–Crippen LogP) is 4.58. The van der Waals surface area contributed by atoms with Crippen LogP contribution in [0.4, 0.5) is 6.01 Å². The van der Waals surface area contributed by atoms with Gasteiger partial charge in [0.25, 0.3) is 5.19 Å². The largest absolute Gasteiger partial charge is 0.470 e. The van der Waals surface area contributed by atoms with Crippen LogP contribution in [0, 0.1) is 0 Å². The Morgan fingerprint density at radius 2 is 1.94 bits per heavy atom. The number of anilines is 1. The molecule has 1 aromatic carbocycles. The average molecular weight is 526 g/mol. The third kappa shape index (κ3) is 5.73. The lowest BCUT2D eigenvalue weighted by molar-refractivity contribution is 0.318. The lowest BCUT2D eigenvalue weighted by Gasteiger charge is -2.24. The molecule has 0 unspecified atom stereocenters. The van der Waals surface area contributed by atoms with Crippen LogP contribution in [0.15, 0.2) is 52.6 Å². The van der Waals surface area contributed by atoms with Crippen molar-refractivity contribution in [2.45, 2.75) is 38.4 Å². The molecule has 0 aliphatic carbocycles. The Kier molecular flexibility index (Phi) is 7.28. The average Bonchev–Trinajstić information content (AvgIpc) is 3.52. The van der Waals surface area contributed by atoms with Gasteiger partial charge in [-0.15, -0.1) is 0 Å². The third-order valence-electron chi connectivity index (χ3n) is 5.97. The molecule has 0 amide bonds. The van der Waals surface area contributed by atoms with E-state index in [2.05, 4.69) is 26.1 Å². The summed E-state index contributed by atoms with van der Waals surface area (Å²) < 4.78 is 33.2. The quantitative estimate of drug-likeness (QED) is 0.248. The van der Waals surface area contributed by atoms with Crippen molar-refractivity contribution < 1.29 is 17.7 Å². The number of ether oxygens (including phenoxy) is 1. The van der Waals surface area contributed by atoms with Gasteiger partial charge in [-0.2, -0.15) is 4.98 Å².